The Bertz CT molecular complexity index is 879. The third-order valence-electron chi connectivity index (χ3n) is 5.60. The fourth-order valence-corrected chi connectivity index (χ4v) is 3.51. The van der Waals surface area contributed by atoms with Crippen LogP contribution in [0, 0.1) is 11.3 Å². The first-order valence-electron chi connectivity index (χ1n) is 10.8. The Morgan fingerprint density at radius 3 is 2.33 bits per heavy atom. The van der Waals surface area contributed by atoms with Crippen LogP contribution in [0.15, 0.2) is 48.5 Å². The number of carbonyl (C=O) groups is 2. The van der Waals surface area contributed by atoms with E-state index in [4.69, 9.17) is 0 Å². The van der Waals surface area contributed by atoms with Crippen LogP contribution in [0.3, 0.4) is 0 Å². The summed E-state index contributed by atoms with van der Waals surface area (Å²) in [4.78, 5) is 27.8. The van der Waals surface area contributed by atoms with Crippen molar-refractivity contribution < 1.29 is 9.59 Å². The van der Waals surface area contributed by atoms with Crippen LogP contribution in [0.5, 0.6) is 0 Å². The third kappa shape index (κ3) is 5.62. The quantitative estimate of drug-likeness (QED) is 0.746. The molecule has 30 heavy (non-hydrogen) atoms. The molecule has 0 spiro atoms. The van der Waals surface area contributed by atoms with Crippen molar-refractivity contribution in [3.05, 3.63) is 59.7 Å². The molecule has 0 radical (unpaired) electrons. The Morgan fingerprint density at radius 2 is 1.70 bits per heavy atom. The minimum Gasteiger partial charge on any atom is -0.371 e. The van der Waals surface area contributed by atoms with Crippen LogP contribution in [0.25, 0.3) is 0 Å². The largest absolute Gasteiger partial charge is 0.371 e. The fourth-order valence-electron chi connectivity index (χ4n) is 3.51. The molecule has 1 aliphatic heterocycles. The molecule has 0 unspecified atom stereocenters. The first kappa shape index (κ1) is 21.9. The number of rotatable bonds is 5. The molecular weight excluding hydrogens is 374 g/mol. The van der Waals surface area contributed by atoms with Gasteiger partial charge in [0.15, 0.2) is 0 Å². The number of amides is 2. The average molecular weight is 408 g/mol. The molecule has 3 rings (SSSR count). The van der Waals surface area contributed by atoms with Crippen molar-refractivity contribution in [3.63, 3.8) is 0 Å². The zero-order valence-corrected chi connectivity index (χ0v) is 18.5. The Kier molecular flexibility index (Phi) is 6.80. The third-order valence-corrected chi connectivity index (χ3v) is 5.60. The van der Waals surface area contributed by atoms with Crippen LogP contribution in [0.2, 0.25) is 0 Å². The van der Waals surface area contributed by atoms with E-state index in [9.17, 15) is 9.59 Å². The molecule has 5 nitrogen and oxygen atoms in total. The molecule has 0 bridgehead atoms. The van der Waals surface area contributed by atoms with E-state index in [0.29, 0.717) is 23.7 Å². The second-order valence-electron chi connectivity index (χ2n) is 9.27. The number of benzene rings is 2. The number of hydrogen-bond donors (Lipinski definition) is 2. The summed E-state index contributed by atoms with van der Waals surface area (Å²) in [7, 11) is 0. The molecule has 1 saturated heterocycles. The highest BCUT2D eigenvalue weighted by atomic mass is 16.2. The minimum absolute atomic E-state index is 0.0716. The van der Waals surface area contributed by atoms with Gasteiger partial charge in [-0.05, 0) is 42.5 Å². The lowest BCUT2D eigenvalue weighted by molar-refractivity contribution is -0.123. The van der Waals surface area contributed by atoms with Crippen molar-refractivity contribution in [2.75, 3.05) is 23.3 Å². The fraction of sp³-hybridized carbons (Fsp3) is 0.440. The van der Waals surface area contributed by atoms with Crippen molar-refractivity contribution in [3.8, 4) is 0 Å². The van der Waals surface area contributed by atoms with Crippen molar-refractivity contribution in [1.82, 2.24) is 5.32 Å². The average Bonchev–Trinajstić information content (AvgIpc) is 2.73. The van der Waals surface area contributed by atoms with E-state index >= 15 is 0 Å². The van der Waals surface area contributed by atoms with Crippen LogP contribution in [-0.2, 0) is 11.3 Å². The second kappa shape index (κ2) is 9.33. The zero-order chi connectivity index (χ0) is 21.7. The summed E-state index contributed by atoms with van der Waals surface area (Å²) in [5, 5.41) is 5.99. The molecule has 1 fully saturated rings. The molecule has 2 aromatic rings. The van der Waals surface area contributed by atoms with Gasteiger partial charge in [-0.15, -0.1) is 0 Å². The monoisotopic (exact) mass is 407 g/mol. The number of nitrogens with one attached hydrogen (secondary N) is 2. The van der Waals surface area contributed by atoms with E-state index < -0.39 is 5.41 Å². The normalized spacial score (nSPS) is 15.0. The lowest BCUT2D eigenvalue weighted by Crippen LogP contribution is -2.35. The summed E-state index contributed by atoms with van der Waals surface area (Å²) in [6.07, 6.45) is 2.24. The molecule has 0 saturated carbocycles. The number of piperidine rings is 1. The van der Waals surface area contributed by atoms with Crippen LogP contribution < -0.4 is 15.5 Å². The van der Waals surface area contributed by atoms with Gasteiger partial charge in [-0.2, -0.15) is 0 Å². The van der Waals surface area contributed by atoms with E-state index in [1.165, 1.54) is 0 Å². The maximum Gasteiger partial charge on any atom is 0.253 e. The molecule has 1 aliphatic rings. The summed E-state index contributed by atoms with van der Waals surface area (Å²) >= 11 is 0. The Balaban J connectivity index is 1.84. The maximum atomic E-state index is 13.1. The molecule has 0 aliphatic carbocycles. The molecule has 2 amide bonds. The van der Waals surface area contributed by atoms with Crippen LogP contribution >= 0.6 is 0 Å². The highest BCUT2D eigenvalue weighted by molar-refractivity contribution is 6.02. The predicted molar refractivity (Wildman–Crippen MR) is 123 cm³/mol. The Morgan fingerprint density at radius 1 is 1.03 bits per heavy atom. The van der Waals surface area contributed by atoms with Gasteiger partial charge in [-0.3, -0.25) is 9.59 Å². The molecule has 160 valence electrons. The Labute approximate surface area is 179 Å². The molecule has 0 atom stereocenters. The Hall–Kier alpha value is -2.82. The van der Waals surface area contributed by atoms with Gasteiger partial charge in [0.25, 0.3) is 5.91 Å². The van der Waals surface area contributed by atoms with Gasteiger partial charge in [0.1, 0.15) is 0 Å². The van der Waals surface area contributed by atoms with E-state index in [1.807, 2.05) is 63.2 Å². The summed E-state index contributed by atoms with van der Waals surface area (Å²) in [6.45, 7) is 10.2. The lowest BCUT2D eigenvalue weighted by atomic mass is 9.95. The number of nitrogens with zero attached hydrogens (tertiary/aromatic N) is 1. The number of anilines is 2. The molecular formula is C25H33N3O2. The van der Waals surface area contributed by atoms with Crippen LogP contribution in [-0.4, -0.2) is 24.9 Å². The highest BCUT2D eigenvalue weighted by Gasteiger charge is 2.24. The topological polar surface area (TPSA) is 61.4 Å². The van der Waals surface area contributed by atoms with Gasteiger partial charge < -0.3 is 15.5 Å². The second-order valence-corrected chi connectivity index (χ2v) is 9.27. The minimum atomic E-state index is -0.503. The molecule has 0 aromatic heterocycles. The highest BCUT2D eigenvalue weighted by Crippen LogP contribution is 2.29. The standard InChI is InChI=1S/C25H33N3O2/c1-18-12-14-28(15-13-18)22-11-10-20(27-24(30)25(2,3)4)16-21(22)23(29)26-17-19-8-6-5-7-9-19/h5-11,16,18H,12-15,17H2,1-4H3,(H,26,29)(H,27,30). The number of hydrogen-bond acceptors (Lipinski definition) is 3. The van der Waals surface area contributed by atoms with E-state index in [2.05, 4.69) is 22.5 Å². The smallest absolute Gasteiger partial charge is 0.253 e. The van der Waals surface area contributed by atoms with Crippen molar-refractivity contribution in [1.29, 1.82) is 0 Å². The van der Waals surface area contributed by atoms with Crippen LogP contribution in [0.1, 0.15) is 56.5 Å². The van der Waals surface area contributed by atoms with Gasteiger partial charge in [0.2, 0.25) is 5.91 Å². The molecule has 2 aromatic carbocycles. The zero-order valence-electron chi connectivity index (χ0n) is 18.5. The molecule has 2 N–H and O–H groups in total. The first-order chi connectivity index (χ1) is 14.2. The first-order valence-corrected chi connectivity index (χ1v) is 10.8. The predicted octanol–water partition coefficient (Wildman–Crippen LogP) is 4.84. The van der Waals surface area contributed by atoms with Crippen molar-refractivity contribution >= 4 is 23.2 Å². The number of carbonyl (C=O) groups excluding carboxylic acids is 2. The van der Waals surface area contributed by atoms with Crippen LogP contribution in [0.4, 0.5) is 11.4 Å². The van der Waals surface area contributed by atoms with Crippen molar-refractivity contribution in [2.45, 2.75) is 47.1 Å². The molecule has 1 heterocycles. The van der Waals surface area contributed by atoms with Gasteiger partial charge in [0.05, 0.1) is 5.56 Å². The summed E-state index contributed by atoms with van der Waals surface area (Å²) < 4.78 is 0. The van der Waals surface area contributed by atoms with Crippen molar-refractivity contribution in [2.24, 2.45) is 11.3 Å². The van der Waals surface area contributed by atoms with E-state index in [1.54, 1.807) is 6.07 Å². The van der Waals surface area contributed by atoms with E-state index in [0.717, 1.165) is 37.2 Å². The summed E-state index contributed by atoms with van der Waals surface area (Å²) in [5.41, 5.74) is 2.73. The lowest BCUT2D eigenvalue weighted by Gasteiger charge is -2.33. The van der Waals surface area contributed by atoms with Gasteiger partial charge in [-0.1, -0.05) is 58.0 Å². The molecule has 5 heteroatoms. The summed E-state index contributed by atoms with van der Waals surface area (Å²) in [5.74, 6) is 0.513. The SMILES string of the molecule is CC1CCN(c2ccc(NC(=O)C(C)(C)C)cc2C(=O)NCc2ccccc2)CC1. The maximum absolute atomic E-state index is 13.1. The van der Waals surface area contributed by atoms with Gasteiger partial charge in [0, 0.05) is 36.4 Å². The summed E-state index contributed by atoms with van der Waals surface area (Å²) in [6, 6.07) is 15.5. The van der Waals surface area contributed by atoms with Gasteiger partial charge in [-0.25, -0.2) is 0 Å². The van der Waals surface area contributed by atoms with Gasteiger partial charge >= 0.3 is 0 Å². The van der Waals surface area contributed by atoms with E-state index in [-0.39, 0.29) is 11.8 Å².